The third-order valence-corrected chi connectivity index (χ3v) is 4.78. The first-order valence-corrected chi connectivity index (χ1v) is 8.88. The molecule has 0 saturated carbocycles. The van der Waals surface area contributed by atoms with Crippen LogP contribution in [0.4, 0.5) is 18.9 Å². The van der Waals surface area contributed by atoms with Crippen LogP contribution in [0.2, 0.25) is 0 Å². The number of halogens is 3. The fraction of sp³-hybridized carbons (Fsp3) is 0.350. The summed E-state index contributed by atoms with van der Waals surface area (Å²) in [4.78, 5) is 6.75. The number of rotatable bonds is 0. The largest absolute Gasteiger partial charge is 0.454 e. The van der Waals surface area contributed by atoms with E-state index in [1.165, 1.54) is 6.07 Å². The normalized spacial score (nSPS) is 19.5. The Hall–Kier alpha value is -2.54. The second-order valence-corrected chi connectivity index (χ2v) is 7.02. The maximum atomic E-state index is 13.2. The first kappa shape index (κ1) is 17.9. The molecule has 1 atom stereocenters. The Kier molecular flexibility index (Phi) is 4.34. The molecule has 0 bridgehead atoms. The molecule has 2 aliphatic rings. The van der Waals surface area contributed by atoms with Crippen LogP contribution in [0.3, 0.4) is 0 Å². The van der Waals surface area contributed by atoms with E-state index in [1.54, 1.807) is 0 Å². The van der Waals surface area contributed by atoms with Crippen molar-refractivity contribution in [3.63, 3.8) is 0 Å². The molecule has 1 fully saturated rings. The molecule has 2 aromatic rings. The van der Waals surface area contributed by atoms with E-state index in [2.05, 4.69) is 22.1 Å². The summed E-state index contributed by atoms with van der Waals surface area (Å²) in [5, 5.41) is 3.37. The molecule has 0 aromatic heterocycles. The summed E-state index contributed by atoms with van der Waals surface area (Å²) in [7, 11) is 0. The molecule has 142 valence electrons. The molecule has 4 rings (SSSR count). The smallest absolute Gasteiger partial charge is 0.416 e. The van der Waals surface area contributed by atoms with Gasteiger partial charge in [0.2, 0.25) is 0 Å². The highest BCUT2D eigenvalue weighted by molar-refractivity contribution is 6.04. The van der Waals surface area contributed by atoms with Gasteiger partial charge in [-0.3, -0.25) is 0 Å². The van der Waals surface area contributed by atoms with Crippen LogP contribution in [-0.2, 0) is 6.18 Å². The highest BCUT2D eigenvalue weighted by atomic mass is 19.4. The van der Waals surface area contributed by atoms with Gasteiger partial charge in [-0.25, -0.2) is 4.99 Å². The van der Waals surface area contributed by atoms with Crippen molar-refractivity contribution in [1.29, 1.82) is 0 Å². The Morgan fingerprint density at radius 3 is 2.67 bits per heavy atom. The minimum Gasteiger partial charge on any atom is -0.454 e. The van der Waals surface area contributed by atoms with E-state index in [-0.39, 0.29) is 11.7 Å². The van der Waals surface area contributed by atoms with Crippen molar-refractivity contribution in [2.24, 2.45) is 4.99 Å². The molecule has 0 spiro atoms. The number of aryl methyl sites for hydroxylation is 1. The summed E-state index contributed by atoms with van der Waals surface area (Å²) < 4.78 is 45.5. The van der Waals surface area contributed by atoms with Crippen LogP contribution in [-0.4, -0.2) is 36.4 Å². The zero-order valence-corrected chi connectivity index (χ0v) is 15.1. The van der Waals surface area contributed by atoms with E-state index >= 15 is 0 Å². The van der Waals surface area contributed by atoms with Crippen LogP contribution < -0.4 is 10.1 Å². The van der Waals surface area contributed by atoms with Crippen molar-refractivity contribution < 1.29 is 17.9 Å². The highest BCUT2D eigenvalue weighted by Crippen LogP contribution is 2.42. The molecule has 1 unspecified atom stereocenters. The Bertz CT molecular complexity index is 908. The molecule has 2 aliphatic heterocycles. The van der Waals surface area contributed by atoms with Crippen LogP contribution in [0.5, 0.6) is 11.5 Å². The standard InChI is InChI=1S/C20H20F3N3O/c1-12-3-5-17-15(9-12)19(26-8-7-24-13(2)11-26)25-16-10-14(20(21,22)23)4-6-18(16)27-17/h3-6,9-10,13,24H,7-8,11H2,1-2H3. The second-order valence-electron chi connectivity index (χ2n) is 7.02. The molecule has 0 radical (unpaired) electrons. The lowest BCUT2D eigenvalue weighted by molar-refractivity contribution is -0.137. The topological polar surface area (TPSA) is 36.9 Å². The van der Waals surface area contributed by atoms with E-state index in [0.717, 1.165) is 42.9 Å². The van der Waals surface area contributed by atoms with Crippen LogP contribution in [0.25, 0.3) is 0 Å². The number of aliphatic imine (C=N–C) groups is 1. The summed E-state index contributed by atoms with van der Waals surface area (Å²) in [6, 6.07) is 9.43. The average Bonchev–Trinajstić information content (AvgIpc) is 2.77. The number of nitrogens with zero attached hydrogens (tertiary/aromatic N) is 2. The van der Waals surface area contributed by atoms with Gasteiger partial charge in [-0.2, -0.15) is 13.2 Å². The molecule has 1 saturated heterocycles. The van der Waals surface area contributed by atoms with Gasteiger partial charge in [-0.15, -0.1) is 0 Å². The molecule has 1 N–H and O–H groups in total. The molecular weight excluding hydrogens is 355 g/mol. The molecular formula is C20H20F3N3O. The Morgan fingerprint density at radius 1 is 1.15 bits per heavy atom. The van der Waals surface area contributed by atoms with Crippen LogP contribution in [0.1, 0.15) is 23.6 Å². The van der Waals surface area contributed by atoms with Gasteiger partial charge in [0.15, 0.2) is 5.75 Å². The summed E-state index contributed by atoms with van der Waals surface area (Å²) in [5.74, 6) is 1.58. The van der Waals surface area contributed by atoms with Gasteiger partial charge in [0.1, 0.15) is 17.3 Å². The van der Waals surface area contributed by atoms with Crippen molar-refractivity contribution in [1.82, 2.24) is 10.2 Å². The molecule has 0 aliphatic carbocycles. The molecule has 7 heteroatoms. The number of hydrogen-bond acceptors (Lipinski definition) is 4. The zero-order valence-electron chi connectivity index (χ0n) is 15.1. The monoisotopic (exact) mass is 375 g/mol. The Labute approximate surface area is 155 Å². The number of amidine groups is 1. The van der Waals surface area contributed by atoms with Crippen molar-refractivity contribution in [2.75, 3.05) is 19.6 Å². The maximum Gasteiger partial charge on any atom is 0.416 e. The van der Waals surface area contributed by atoms with E-state index < -0.39 is 11.7 Å². The van der Waals surface area contributed by atoms with E-state index in [4.69, 9.17) is 4.74 Å². The van der Waals surface area contributed by atoms with Gasteiger partial charge >= 0.3 is 6.18 Å². The molecule has 0 amide bonds. The first-order chi connectivity index (χ1) is 12.8. The summed E-state index contributed by atoms with van der Waals surface area (Å²) in [5.41, 5.74) is 1.30. The average molecular weight is 375 g/mol. The van der Waals surface area contributed by atoms with Crippen molar-refractivity contribution in [2.45, 2.75) is 26.1 Å². The summed E-state index contributed by atoms with van der Waals surface area (Å²) in [6.45, 7) is 6.29. The Morgan fingerprint density at radius 2 is 1.93 bits per heavy atom. The van der Waals surface area contributed by atoms with Gasteiger partial charge in [0.25, 0.3) is 0 Å². The zero-order chi connectivity index (χ0) is 19.2. The van der Waals surface area contributed by atoms with Gasteiger partial charge in [0, 0.05) is 25.7 Å². The Balaban J connectivity index is 1.87. The number of ether oxygens (including phenoxy) is 1. The van der Waals surface area contributed by atoms with E-state index in [1.807, 2.05) is 25.1 Å². The fourth-order valence-electron chi connectivity index (χ4n) is 3.43. The van der Waals surface area contributed by atoms with Crippen LogP contribution in [0, 0.1) is 6.92 Å². The van der Waals surface area contributed by atoms with Gasteiger partial charge in [-0.05, 0) is 44.2 Å². The highest BCUT2D eigenvalue weighted by Gasteiger charge is 2.32. The molecule has 2 aromatic carbocycles. The third kappa shape index (κ3) is 3.51. The minimum absolute atomic E-state index is 0.194. The molecule has 2 heterocycles. The maximum absolute atomic E-state index is 13.2. The van der Waals surface area contributed by atoms with Crippen LogP contribution in [0.15, 0.2) is 41.4 Å². The van der Waals surface area contributed by atoms with E-state index in [9.17, 15) is 13.2 Å². The first-order valence-electron chi connectivity index (χ1n) is 8.88. The minimum atomic E-state index is -4.43. The number of benzene rings is 2. The lowest BCUT2D eigenvalue weighted by Crippen LogP contribution is -2.51. The second kappa shape index (κ2) is 6.56. The lowest BCUT2D eigenvalue weighted by Gasteiger charge is -2.34. The lowest BCUT2D eigenvalue weighted by atomic mass is 10.1. The number of fused-ring (bicyclic) bond motifs is 2. The fourth-order valence-corrected chi connectivity index (χ4v) is 3.43. The van der Waals surface area contributed by atoms with Gasteiger partial charge < -0.3 is 15.0 Å². The van der Waals surface area contributed by atoms with E-state index in [0.29, 0.717) is 17.3 Å². The molecule has 4 nitrogen and oxygen atoms in total. The summed E-state index contributed by atoms with van der Waals surface area (Å²) >= 11 is 0. The van der Waals surface area contributed by atoms with Gasteiger partial charge in [-0.1, -0.05) is 11.6 Å². The predicted octanol–water partition coefficient (Wildman–Crippen LogP) is 4.49. The number of hydrogen-bond donors (Lipinski definition) is 1. The number of alkyl halides is 3. The molecule has 27 heavy (non-hydrogen) atoms. The predicted molar refractivity (Wildman–Crippen MR) is 97.9 cm³/mol. The van der Waals surface area contributed by atoms with Crippen LogP contribution >= 0.6 is 0 Å². The SMILES string of the molecule is Cc1ccc2c(c1)C(N1CCNC(C)C1)=Nc1cc(C(F)(F)F)ccc1O2. The van der Waals surface area contributed by atoms with Crippen molar-refractivity contribution >= 4 is 11.5 Å². The number of nitrogens with one attached hydrogen (secondary N) is 1. The number of piperazine rings is 1. The van der Waals surface area contributed by atoms with Gasteiger partial charge in [0.05, 0.1) is 11.1 Å². The summed E-state index contributed by atoms with van der Waals surface area (Å²) in [6.07, 6.45) is -4.43. The van der Waals surface area contributed by atoms with Crippen molar-refractivity contribution in [3.05, 3.63) is 53.1 Å². The third-order valence-electron chi connectivity index (χ3n) is 4.78. The van der Waals surface area contributed by atoms with Crippen molar-refractivity contribution in [3.8, 4) is 11.5 Å². The quantitative estimate of drug-likeness (QED) is 0.737.